The molecule has 2 N–H and O–H groups in total. The van der Waals surface area contributed by atoms with Crippen molar-refractivity contribution in [1.29, 1.82) is 0 Å². The number of carbonyl (C=O) groups excluding carboxylic acids is 2. The van der Waals surface area contributed by atoms with Crippen LogP contribution in [0.3, 0.4) is 0 Å². The van der Waals surface area contributed by atoms with Gasteiger partial charge in [-0.25, -0.2) is 0 Å². The van der Waals surface area contributed by atoms with Crippen molar-refractivity contribution < 1.29 is 24.5 Å². The highest BCUT2D eigenvalue weighted by Gasteiger charge is 2.25. The first-order valence-electron chi connectivity index (χ1n) is 8.94. The Labute approximate surface area is 177 Å². The number of hydrogen-bond acceptors (Lipinski definition) is 5. The van der Waals surface area contributed by atoms with Gasteiger partial charge in [-0.1, -0.05) is 29.3 Å². The molecule has 1 aromatic carbocycles. The monoisotopic (exact) mass is 441 g/mol. The molecule has 0 bridgehead atoms. The lowest BCUT2D eigenvalue weighted by atomic mass is 10.2. The first-order valence-corrected chi connectivity index (χ1v) is 9.69. The summed E-state index contributed by atoms with van der Waals surface area (Å²) in [6, 6.07) is 5.02. The first kappa shape index (κ1) is 21.3. The average molecular weight is 442 g/mol. The van der Waals surface area contributed by atoms with Gasteiger partial charge in [-0.15, -0.1) is 0 Å². The van der Waals surface area contributed by atoms with Crippen LogP contribution < -0.4 is 0 Å². The highest BCUT2D eigenvalue weighted by atomic mass is 35.5. The van der Waals surface area contributed by atoms with E-state index in [4.69, 9.17) is 27.9 Å². The summed E-state index contributed by atoms with van der Waals surface area (Å²) in [5, 5.41) is 21.2. The van der Waals surface area contributed by atoms with Crippen LogP contribution in [0.25, 0.3) is 0 Å². The third-order valence-corrected chi connectivity index (χ3v) is 5.41. The molecule has 0 atom stereocenters. The van der Waals surface area contributed by atoms with Gasteiger partial charge in [0.1, 0.15) is 12.1 Å². The lowest BCUT2D eigenvalue weighted by Crippen LogP contribution is -2.42. The summed E-state index contributed by atoms with van der Waals surface area (Å²) >= 11 is 11.9. The van der Waals surface area contributed by atoms with Crippen molar-refractivity contribution in [1.82, 2.24) is 14.4 Å². The van der Waals surface area contributed by atoms with Gasteiger partial charge in [-0.3, -0.25) is 9.59 Å². The van der Waals surface area contributed by atoms with Crippen LogP contribution in [-0.2, 0) is 22.6 Å². The molecule has 2 aromatic rings. The standard InChI is InChI=1S/C19H21Cl2N3O5/c1-22(9-12-2-3-14(20)15(21)8-12)18(27)13-10-24(19(28)17(13)26)11-16(25)23-4-6-29-7-5-23/h2-3,8,10,26,28H,4-7,9,11H2,1H3. The number of aromatic nitrogens is 1. The van der Waals surface area contributed by atoms with Gasteiger partial charge >= 0.3 is 0 Å². The predicted octanol–water partition coefficient (Wildman–Crippen LogP) is 2.34. The molecule has 8 nitrogen and oxygen atoms in total. The fourth-order valence-electron chi connectivity index (χ4n) is 3.06. The predicted molar refractivity (Wildman–Crippen MR) is 107 cm³/mol. The van der Waals surface area contributed by atoms with E-state index in [0.717, 1.165) is 10.1 Å². The molecule has 2 amide bonds. The zero-order valence-electron chi connectivity index (χ0n) is 15.8. The van der Waals surface area contributed by atoms with Crippen molar-refractivity contribution in [3.05, 3.63) is 45.6 Å². The van der Waals surface area contributed by atoms with Crippen molar-refractivity contribution in [2.45, 2.75) is 13.1 Å². The number of nitrogens with zero attached hydrogens (tertiary/aromatic N) is 3. The summed E-state index contributed by atoms with van der Waals surface area (Å²) in [6.07, 6.45) is 1.27. The Morgan fingerprint density at radius 1 is 1.17 bits per heavy atom. The van der Waals surface area contributed by atoms with Crippen molar-refractivity contribution in [2.24, 2.45) is 0 Å². The number of carbonyl (C=O) groups is 2. The third kappa shape index (κ3) is 4.77. The second kappa shape index (κ2) is 8.94. The van der Waals surface area contributed by atoms with Crippen LogP contribution in [0.15, 0.2) is 24.4 Å². The quantitative estimate of drug-likeness (QED) is 0.742. The summed E-state index contributed by atoms with van der Waals surface area (Å²) in [5.74, 6) is -1.84. The number of ether oxygens (including phenoxy) is 1. The van der Waals surface area contributed by atoms with Crippen molar-refractivity contribution in [3.63, 3.8) is 0 Å². The van der Waals surface area contributed by atoms with Gasteiger partial charge in [0.25, 0.3) is 5.91 Å². The van der Waals surface area contributed by atoms with E-state index in [0.29, 0.717) is 36.3 Å². The van der Waals surface area contributed by atoms with E-state index in [2.05, 4.69) is 0 Å². The average Bonchev–Trinajstić information content (AvgIpc) is 2.99. The normalized spacial score (nSPS) is 14.1. The molecular weight excluding hydrogens is 421 g/mol. The van der Waals surface area contributed by atoms with Crippen LogP contribution in [0, 0.1) is 0 Å². The Bertz CT molecular complexity index is 925. The summed E-state index contributed by atoms with van der Waals surface area (Å²) in [6.45, 7) is 1.86. The van der Waals surface area contributed by atoms with Crippen LogP contribution >= 0.6 is 23.2 Å². The number of aromatic hydroxyl groups is 2. The molecule has 2 heterocycles. The molecule has 10 heteroatoms. The molecule has 0 radical (unpaired) electrons. The second-order valence-corrected chi connectivity index (χ2v) is 7.56. The van der Waals surface area contributed by atoms with Crippen molar-refractivity contribution in [2.75, 3.05) is 33.4 Å². The molecule has 0 spiro atoms. The van der Waals surface area contributed by atoms with E-state index in [1.54, 1.807) is 30.1 Å². The maximum Gasteiger partial charge on any atom is 0.259 e. The number of benzene rings is 1. The minimum absolute atomic E-state index is 0.0974. The number of amides is 2. The maximum atomic E-state index is 12.7. The first-order chi connectivity index (χ1) is 13.8. The van der Waals surface area contributed by atoms with Crippen LogP contribution in [0.4, 0.5) is 0 Å². The number of morpholine rings is 1. The minimum Gasteiger partial charge on any atom is -0.503 e. The van der Waals surface area contributed by atoms with Crippen molar-refractivity contribution >= 4 is 35.0 Å². The van der Waals surface area contributed by atoms with Crippen molar-refractivity contribution in [3.8, 4) is 11.6 Å². The van der Waals surface area contributed by atoms with E-state index < -0.39 is 17.5 Å². The van der Waals surface area contributed by atoms with Gasteiger partial charge in [-0.05, 0) is 17.7 Å². The fraction of sp³-hybridized carbons (Fsp3) is 0.368. The number of hydrogen-bond donors (Lipinski definition) is 2. The number of halogens is 2. The van der Waals surface area contributed by atoms with E-state index >= 15 is 0 Å². The molecule has 3 rings (SSSR count). The Morgan fingerprint density at radius 2 is 1.86 bits per heavy atom. The van der Waals surface area contributed by atoms with Gasteiger partial charge in [0.05, 0.1) is 23.3 Å². The third-order valence-electron chi connectivity index (χ3n) is 4.67. The Balaban J connectivity index is 1.72. The molecule has 1 aliphatic rings. The smallest absolute Gasteiger partial charge is 0.259 e. The largest absolute Gasteiger partial charge is 0.503 e. The SMILES string of the molecule is CN(Cc1ccc(Cl)c(Cl)c1)C(=O)c1cn(CC(=O)N2CCOCC2)c(O)c1O. The van der Waals surface area contributed by atoms with Gasteiger partial charge in [0.2, 0.25) is 11.8 Å². The highest BCUT2D eigenvalue weighted by molar-refractivity contribution is 6.42. The molecule has 0 saturated carbocycles. The van der Waals surface area contributed by atoms with Gasteiger partial charge in [0.15, 0.2) is 5.75 Å². The molecule has 1 aliphatic heterocycles. The topological polar surface area (TPSA) is 95.2 Å². The fourth-order valence-corrected chi connectivity index (χ4v) is 3.38. The Morgan fingerprint density at radius 3 is 2.52 bits per heavy atom. The molecule has 0 aliphatic carbocycles. The lowest BCUT2D eigenvalue weighted by molar-refractivity contribution is -0.135. The van der Waals surface area contributed by atoms with E-state index in [1.807, 2.05) is 0 Å². The molecule has 29 heavy (non-hydrogen) atoms. The second-order valence-electron chi connectivity index (χ2n) is 6.75. The molecule has 0 unspecified atom stereocenters. The molecule has 1 saturated heterocycles. The van der Waals surface area contributed by atoms with Gasteiger partial charge in [0, 0.05) is 32.9 Å². The minimum atomic E-state index is -0.564. The van der Waals surface area contributed by atoms with Gasteiger partial charge in [-0.2, -0.15) is 0 Å². The summed E-state index contributed by atoms with van der Waals surface area (Å²) in [5.41, 5.74) is 0.653. The zero-order valence-corrected chi connectivity index (χ0v) is 17.3. The van der Waals surface area contributed by atoms with Crippen LogP contribution in [0.5, 0.6) is 11.6 Å². The van der Waals surface area contributed by atoms with E-state index in [9.17, 15) is 19.8 Å². The summed E-state index contributed by atoms with van der Waals surface area (Å²) in [4.78, 5) is 28.1. The molecule has 1 aromatic heterocycles. The van der Waals surface area contributed by atoms with Crippen LogP contribution in [0.2, 0.25) is 10.0 Å². The Kier molecular flexibility index (Phi) is 6.56. The summed E-state index contributed by atoms with van der Waals surface area (Å²) < 4.78 is 6.37. The zero-order chi connectivity index (χ0) is 21.1. The lowest BCUT2D eigenvalue weighted by Gasteiger charge is -2.27. The van der Waals surface area contributed by atoms with E-state index in [1.165, 1.54) is 11.1 Å². The van der Waals surface area contributed by atoms with Crippen LogP contribution in [-0.4, -0.2) is 69.7 Å². The maximum absolute atomic E-state index is 12.7. The molecular formula is C19H21Cl2N3O5. The van der Waals surface area contributed by atoms with E-state index in [-0.39, 0.29) is 24.6 Å². The Hall–Kier alpha value is -2.42. The highest BCUT2D eigenvalue weighted by Crippen LogP contribution is 2.32. The molecule has 156 valence electrons. The summed E-state index contributed by atoms with van der Waals surface area (Å²) in [7, 11) is 1.55. The van der Waals surface area contributed by atoms with Crippen LogP contribution in [0.1, 0.15) is 15.9 Å². The molecule has 1 fully saturated rings. The number of rotatable bonds is 5. The van der Waals surface area contributed by atoms with Gasteiger partial charge < -0.3 is 29.3 Å².